The number of nitrogens with zero attached hydrogens (tertiary/aromatic N) is 1. The van der Waals surface area contributed by atoms with E-state index in [1.54, 1.807) is 36.4 Å². The highest BCUT2D eigenvalue weighted by Crippen LogP contribution is 2.54. The first kappa shape index (κ1) is 24.8. The summed E-state index contributed by atoms with van der Waals surface area (Å²) in [7, 11) is 0. The summed E-state index contributed by atoms with van der Waals surface area (Å²) >= 11 is 12.5. The molecular weight excluding hydrogens is 445 g/mol. The lowest BCUT2D eigenvalue weighted by atomic mass is 9.65. The van der Waals surface area contributed by atoms with Crippen LogP contribution in [0.25, 0.3) is 0 Å². The van der Waals surface area contributed by atoms with Gasteiger partial charge >= 0.3 is 0 Å². The number of rotatable bonds is 7. The molecule has 172 valence electrons. The number of benzene rings is 2. The van der Waals surface area contributed by atoms with Crippen LogP contribution in [0.2, 0.25) is 10.0 Å². The quantitative estimate of drug-likeness (QED) is 0.500. The molecule has 3 rings (SSSR count). The fourth-order valence-electron chi connectivity index (χ4n) is 4.89. The zero-order chi connectivity index (χ0) is 23.7. The molecule has 1 aliphatic heterocycles. The number of carbonyl (C=O) groups is 1. The molecule has 0 bridgehead atoms. The summed E-state index contributed by atoms with van der Waals surface area (Å²) in [6.45, 7) is 9.36. The van der Waals surface area contributed by atoms with Gasteiger partial charge in [-0.15, -0.1) is 6.58 Å². The monoisotopic (exact) mass is 475 g/mol. The van der Waals surface area contributed by atoms with Gasteiger partial charge in [-0.25, -0.2) is 0 Å². The number of hydrogen-bond acceptors (Lipinski definition) is 3. The van der Waals surface area contributed by atoms with Gasteiger partial charge in [-0.3, -0.25) is 4.79 Å². The highest BCUT2D eigenvalue weighted by atomic mass is 35.5. The van der Waals surface area contributed by atoms with Gasteiger partial charge < -0.3 is 15.1 Å². The predicted octanol–water partition coefficient (Wildman–Crippen LogP) is 5.75. The molecule has 1 fully saturated rings. The normalized spacial score (nSPS) is 26.9. The molecule has 0 saturated carbocycles. The molecule has 0 aliphatic carbocycles. The fourth-order valence-corrected chi connectivity index (χ4v) is 5.21. The van der Waals surface area contributed by atoms with E-state index in [2.05, 4.69) is 6.58 Å². The molecule has 4 nitrogen and oxygen atoms in total. The molecule has 0 radical (unpaired) electrons. The number of aliphatic hydroxyl groups excluding tert-OH is 1. The number of aliphatic hydroxyl groups is 2. The Morgan fingerprint density at radius 3 is 2.38 bits per heavy atom. The molecule has 1 aliphatic rings. The van der Waals surface area contributed by atoms with Gasteiger partial charge in [0.15, 0.2) is 5.72 Å². The van der Waals surface area contributed by atoms with Gasteiger partial charge in [-0.2, -0.15) is 0 Å². The van der Waals surface area contributed by atoms with Crippen molar-refractivity contribution >= 4 is 29.1 Å². The van der Waals surface area contributed by atoms with Gasteiger partial charge in [-0.05, 0) is 48.6 Å². The van der Waals surface area contributed by atoms with Gasteiger partial charge in [0.25, 0.3) is 0 Å². The van der Waals surface area contributed by atoms with Crippen LogP contribution < -0.4 is 0 Å². The van der Waals surface area contributed by atoms with Crippen LogP contribution >= 0.6 is 23.2 Å². The second kappa shape index (κ2) is 9.56. The Balaban J connectivity index is 2.33. The van der Waals surface area contributed by atoms with E-state index in [-0.39, 0.29) is 18.4 Å². The first-order chi connectivity index (χ1) is 15.1. The lowest BCUT2D eigenvalue weighted by molar-refractivity contribution is -0.214. The average molecular weight is 476 g/mol. The van der Waals surface area contributed by atoms with Crippen molar-refractivity contribution in [1.82, 2.24) is 4.90 Å². The Labute approximate surface area is 200 Å². The maximum absolute atomic E-state index is 14.0. The molecule has 1 saturated heterocycles. The molecule has 2 aromatic rings. The van der Waals surface area contributed by atoms with Crippen LogP contribution in [-0.2, 0) is 10.5 Å². The van der Waals surface area contributed by atoms with E-state index in [0.29, 0.717) is 28.5 Å². The Morgan fingerprint density at radius 2 is 1.84 bits per heavy atom. The molecular formula is C26H31Cl2NO3. The third kappa shape index (κ3) is 4.34. The lowest BCUT2D eigenvalue weighted by Gasteiger charge is -2.57. The van der Waals surface area contributed by atoms with Crippen molar-refractivity contribution in [1.29, 1.82) is 0 Å². The van der Waals surface area contributed by atoms with E-state index in [9.17, 15) is 15.0 Å². The first-order valence-corrected chi connectivity index (χ1v) is 11.6. The predicted molar refractivity (Wildman–Crippen MR) is 130 cm³/mol. The van der Waals surface area contributed by atoms with E-state index in [4.69, 9.17) is 23.2 Å². The van der Waals surface area contributed by atoms with Gasteiger partial charge in [0.05, 0.1) is 18.1 Å². The molecule has 0 spiro atoms. The molecule has 6 heteroatoms. The fraction of sp³-hybridized carbons (Fsp3) is 0.423. The summed E-state index contributed by atoms with van der Waals surface area (Å²) in [4.78, 5) is 15.5. The summed E-state index contributed by atoms with van der Waals surface area (Å²) in [5, 5.41) is 23.9. The SMILES string of the molecule is C=CC[C@@]1(C)CC(c2cccc(Cl)c2)[C@@](O)(c2ccc(Cl)cc2)N(C(CO)C(C)C)C1=O. The second-order valence-electron chi connectivity index (χ2n) is 9.27. The summed E-state index contributed by atoms with van der Waals surface area (Å²) in [5.41, 5.74) is -1.14. The van der Waals surface area contributed by atoms with Crippen LogP contribution in [0, 0.1) is 11.3 Å². The highest BCUT2D eigenvalue weighted by molar-refractivity contribution is 6.30. The summed E-state index contributed by atoms with van der Waals surface area (Å²) in [6, 6.07) is 13.7. The maximum atomic E-state index is 14.0. The van der Waals surface area contributed by atoms with Gasteiger partial charge in [0, 0.05) is 21.5 Å². The van der Waals surface area contributed by atoms with Crippen molar-refractivity contribution in [2.24, 2.45) is 11.3 Å². The van der Waals surface area contributed by atoms with Gasteiger partial charge in [0.2, 0.25) is 5.91 Å². The van der Waals surface area contributed by atoms with Crippen LogP contribution in [0.3, 0.4) is 0 Å². The van der Waals surface area contributed by atoms with Crippen molar-refractivity contribution in [3.63, 3.8) is 0 Å². The first-order valence-electron chi connectivity index (χ1n) is 10.9. The molecule has 2 N–H and O–H groups in total. The smallest absolute Gasteiger partial charge is 0.231 e. The van der Waals surface area contributed by atoms with Crippen LogP contribution in [0.4, 0.5) is 0 Å². The molecule has 32 heavy (non-hydrogen) atoms. The molecule has 2 aromatic carbocycles. The largest absolute Gasteiger partial charge is 0.394 e. The standard InChI is InChI=1S/C26H31Cl2NO3/c1-5-13-25(4)15-22(18-7-6-8-21(28)14-18)26(32,19-9-11-20(27)12-10-19)29(24(25)31)23(16-30)17(2)3/h5-12,14,17,22-23,30,32H,1,13,15-16H2,2-4H3/t22?,23?,25-,26-/m0/s1. The van der Waals surface area contributed by atoms with E-state index in [1.807, 2.05) is 39.0 Å². The van der Waals surface area contributed by atoms with E-state index < -0.39 is 23.1 Å². The van der Waals surface area contributed by atoms with Crippen LogP contribution in [0.5, 0.6) is 0 Å². The topological polar surface area (TPSA) is 60.8 Å². The van der Waals surface area contributed by atoms with Gasteiger partial charge in [0.1, 0.15) is 0 Å². The molecule has 1 amide bonds. The molecule has 4 atom stereocenters. The Bertz CT molecular complexity index is 977. The van der Waals surface area contributed by atoms with Crippen molar-refractivity contribution in [3.05, 3.63) is 82.4 Å². The third-order valence-electron chi connectivity index (χ3n) is 6.65. The molecule has 2 unspecified atom stereocenters. The zero-order valence-electron chi connectivity index (χ0n) is 18.8. The van der Waals surface area contributed by atoms with Crippen molar-refractivity contribution < 1.29 is 15.0 Å². The summed E-state index contributed by atoms with van der Waals surface area (Å²) in [6.07, 6.45) is 2.58. The minimum atomic E-state index is -1.70. The van der Waals surface area contributed by atoms with Crippen LogP contribution in [0.1, 0.15) is 50.7 Å². The Hall–Kier alpha value is -1.85. The van der Waals surface area contributed by atoms with Crippen LogP contribution in [0.15, 0.2) is 61.2 Å². The minimum Gasteiger partial charge on any atom is -0.394 e. The maximum Gasteiger partial charge on any atom is 0.231 e. The van der Waals surface area contributed by atoms with E-state index >= 15 is 0 Å². The highest BCUT2D eigenvalue weighted by Gasteiger charge is 2.59. The number of carbonyl (C=O) groups excluding carboxylic acids is 1. The number of likely N-dealkylation sites (tertiary alicyclic amines) is 1. The Morgan fingerprint density at radius 1 is 1.19 bits per heavy atom. The third-order valence-corrected chi connectivity index (χ3v) is 7.13. The number of allylic oxidation sites excluding steroid dienone is 1. The van der Waals surface area contributed by atoms with Crippen LogP contribution in [-0.4, -0.2) is 33.7 Å². The number of piperidine rings is 1. The number of hydrogen-bond donors (Lipinski definition) is 2. The average Bonchev–Trinajstić information content (AvgIpc) is 2.74. The zero-order valence-corrected chi connectivity index (χ0v) is 20.3. The Kier molecular flexibility index (Phi) is 7.41. The number of amides is 1. The van der Waals surface area contributed by atoms with E-state index in [0.717, 1.165) is 5.56 Å². The van der Waals surface area contributed by atoms with E-state index in [1.165, 1.54) is 4.90 Å². The van der Waals surface area contributed by atoms with Crippen molar-refractivity contribution in [2.45, 2.75) is 51.3 Å². The minimum absolute atomic E-state index is 0.0890. The molecule has 1 heterocycles. The molecule has 0 aromatic heterocycles. The summed E-state index contributed by atoms with van der Waals surface area (Å²) in [5.74, 6) is -0.785. The number of halogens is 2. The second-order valence-corrected chi connectivity index (χ2v) is 10.1. The van der Waals surface area contributed by atoms with Gasteiger partial charge in [-0.1, -0.05) is 74.3 Å². The lowest BCUT2D eigenvalue weighted by Crippen LogP contribution is -2.66. The summed E-state index contributed by atoms with van der Waals surface area (Å²) < 4.78 is 0. The van der Waals surface area contributed by atoms with Crippen molar-refractivity contribution in [3.8, 4) is 0 Å². The van der Waals surface area contributed by atoms with Crippen molar-refractivity contribution in [2.75, 3.05) is 6.61 Å².